The normalized spacial score (nSPS) is 16.0. The number of aromatic nitrogens is 2. The fourth-order valence-corrected chi connectivity index (χ4v) is 4.26. The van der Waals surface area contributed by atoms with Crippen molar-refractivity contribution in [1.29, 1.82) is 0 Å². The molecule has 0 aliphatic carbocycles. The average Bonchev–Trinajstić information content (AvgIpc) is 2.69. The number of thioether (sulfide) groups is 1. The predicted octanol–water partition coefficient (Wildman–Crippen LogP) is 4.40. The van der Waals surface area contributed by atoms with E-state index in [-0.39, 0.29) is 11.5 Å². The van der Waals surface area contributed by atoms with Gasteiger partial charge in [-0.15, -0.1) is 11.8 Å². The quantitative estimate of drug-likeness (QED) is 0.627. The molecule has 156 valence electrons. The molecular weight excluding hydrogens is 382 g/mol. The van der Waals surface area contributed by atoms with E-state index in [1.807, 2.05) is 32.9 Å². The van der Waals surface area contributed by atoms with Crippen LogP contribution in [0.5, 0.6) is 5.88 Å². The van der Waals surface area contributed by atoms with Gasteiger partial charge < -0.3 is 4.74 Å². The Hall–Kier alpha value is -1.92. The molecule has 1 aliphatic rings. The minimum Gasteiger partial charge on any atom is -0.471 e. The minimum absolute atomic E-state index is 0.147. The molecule has 2 heterocycles. The first-order valence-electron chi connectivity index (χ1n) is 10.2. The van der Waals surface area contributed by atoms with E-state index in [2.05, 4.69) is 33.3 Å². The van der Waals surface area contributed by atoms with E-state index in [4.69, 9.17) is 4.74 Å². The summed E-state index contributed by atoms with van der Waals surface area (Å²) in [7, 11) is 0. The molecular formula is C23H31N3O2S. The van der Waals surface area contributed by atoms with Crippen molar-refractivity contribution in [1.82, 2.24) is 14.9 Å². The van der Waals surface area contributed by atoms with E-state index in [0.717, 1.165) is 37.2 Å². The smallest absolute Gasteiger partial charge is 0.237 e. The third-order valence-electron chi connectivity index (χ3n) is 5.11. The van der Waals surface area contributed by atoms with Crippen LogP contribution in [0.4, 0.5) is 0 Å². The Morgan fingerprint density at radius 2 is 1.86 bits per heavy atom. The highest BCUT2D eigenvalue weighted by atomic mass is 32.2. The van der Waals surface area contributed by atoms with Crippen molar-refractivity contribution in [2.75, 3.05) is 19.3 Å². The number of benzene rings is 1. The summed E-state index contributed by atoms with van der Waals surface area (Å²) in [5.74, 6) is 1.11. The number of Topliss-reactive ketones (excluding diaryl/α,β-unsaturated/α-hetero) is 1. The van der Waals surface area contributed by atoms with E-state index in [1.54, 1.807) is 24.2 Å². The second-order valence-electron chi connectivity index (χ2n) is 8.53. The summed E-state index contributed by atoms with van der Waals surface area (Å²) in [6.07, 6.45) is 7.78. The van der Waals surface area contributed by atoms with E-state index >= 15 is 0 Å². The van der Waals surface area contributed by atoms with Gasteiger partial charge in [0.2, 0.25) is 5.88 Å². The van der Waals surface area contributed by atoms with Crippen LogP contribution in [0, 0.1) is 5.92 Å². The molecule has 6 heteroatoms. The molecule has 1 aromatic heterocycles. The van der Waals surface area contributed by atoms with Crippen molar-refractivity contribution in [3.05, 3.63) is 47.9 Å². The summed E-state index contributed by atoms with van der Waals surface area (Å²) in [6.45, 7) is 8.53. The maximum Gasteiger partial charge on any atom is 0.237 e. The van der Waals surface area contributed by atoms with Gasteiger partial charge in [0.25, 0.3) is 0 Å². The van der Waals surface area contributed by atoms with E-state index in [1.165, 1.54) is 4.90 Å². The standard InChI is InChI=1S/C23H31N3O2S/c1-23(2,3)28-22-19(24-11-12-25-22)16-26-13-9-17(10-14-26)20(27)15-18-7-5-6-8-21(18)29-4/h5-8,11-12,17H,9-10,13-16H2,1-4H3. The van der Waals surface area contributed by atoms with Gasteiger partial charge >= 0.3 is 0 Å². The second-order valence-corrected chi connectivity index (χ2v) is 9.38. The number of carbonyl (C=O) groups excluding carboxylic acids is 1. The van der Waals surface area contributed by atoms with Crippen molar-refractivity contribution in [3.8, 4) is 5.88 Å². The summed E-state index contributed by atoms with van der Waals surface area (Å²) in [5.41, 5.74) is 1.70. The van der Waals surface area contributed by atoms with E-state index in [9.17, 15) is 4.79 Å². The molecule has 3 rings (SSSR count). The third-order valence-corrected chi connectivity index (χ3v) is 5.95. The number of nitrogens with zero attached hydrogens (tertiary/aromatic N) is 3. The number of hydrogen-bond acceptors (Lipinski definition) is 6. The number of ketones is 1. The Labute approximate surface area is 178 Å². The fourth-order valence-electron chi connectivity index (χ4n) is 3.64. The van der Waals surface area contributed by atoms with Crippen molar-refractivity contribution in [2.24, 2.45) is 5.92 Å². The molecule has 1 fully saturated rings. The minimum atomic E-state index is -0.308. The van der Waals surface area contributed by atoms with Crippen molar-refractivity contribution in [2.45, 2.75) is 57.1 Å². The zero-order chi connectivity index (χ0) is 20.9. The van der Waals surface area contributed by atoms with Crippen LogP contribution in [-0.4, -0.2) is 45.6 Å². The van der Waals surface area contributed by atoms with E-state index < -0.39 is 0 Å². The van der Waals surface area contributed by atoms with Crippen molar-refractivity contribution >= 4 is 17.5 Å². The fraction of sp³-hybridized carbons (Fsp3) is 0.522. The van der Waals surface area contributed by atoms with Gasteiger partial charge in [-0.05, 0) is 64.6 Å². The van der Waals surface area contributed by atoms with Crippen LogP contribution < -0.4 is 4.74 Å². The Bertz CT molecular complexity index is 827. The first kappa shape index (κ1) is 21.8. The molecule has 0 radical (unpaired) electrons. The van der Waals surface area contributed by atoms with Gasteiger partial charge in [0.1, 0.15) is 17.1 Å². The largest absolute Gasteiger partial charge is 0.471 e. The zero-order valence-corrected chi connectivity index (χ0v) is 18.7. The molecule has 1 aromatic carbocycles. The molecule has 1 aliphatic heterocycles. The first-order chi connectivity index (χ1) is 13.9. The van der Waals surface area contributed by atoms with Gasteiger partial charge in [-0.25, -0.2) is 4.98 Å². The number of piperidine rings is 1. The number of ether oxygens (including phenoxy) is 1. The van der Waals surface area contributed by atoms with Crippen LogP contribution in [0.1, 0.15) is 44.9 Å². The molecule has 0 unspecified atom stereocenters. The van der Waals surface area contributed by atoms with Crippen LogP contribution in [0.15, 0.2) is 41.6 Å². The molecule has 2 aromatic rings. The van der Waals surface area contributed by atoms with E-state index in [0.29, 0.717) is 24.6 Å². The van der Waals surface area contributed by atoms with Gasteiger partial charge in [0.15, 0.2) is 0 Å². The molecule has 29 heavy (non-hydrogen) atoms. The van der Waals surface area contributed by atoms with Gasteiger partial charge in [0.05, 0.1) is 0 Å². The average molecular weight is 414 g/mol. The number of likely N-dealkylation sites (tertiary alicyclic amines) is 1. The monoisotopic (exact) mass is 413 g/mol. The summed E-state index contributed by atoms with van der Waals surface area (Å²) < 4.78 is 5.97. The third kappa shape index (κ3) is 6.28. The van der Waals surface area contributed by atoms with Crippen molar-refractivity contribution in [3.63, 3.8) is 0 Å². The van der Waals surface area contributed by atoms with Crippen LogP contribution in [0.2, 0.25) is 0 Å². The van der Waals surface area contributed by atoms with Gasteiger partial charge in [-0.1, -0.05) is 18.2 Å². The summed E-state index contributed by atoms with van der Waals surface area (Å²) >= 11 is 1.71. The summed E-state index contributed by atoms with van der Waals surface area (Å²) in [6, 6.07) is 8.21. The lowest BCUT2D eigenvalue weighted by Gasteiger charge is -2.31. The number of rotatable bonds is 7. The summed E-state index contributed by atoms with van der Waals surface area (Å²) in [5, 5.41) is 0. The lowest BCUT2D eigenvalue weighted by atomic mass is 9.89. The molecule has 0 amide bonds. The van der Waals surface area contributed by atoms with Crippen LogP contribution in [-0.2, 0) is 17.8 Å². The Morgan fingerprint density at radius 1 is 1.17 bits per heavy atom. The molecule has 0 N–H and O–H groups in total. The topological polar surface area (TPSA) is 55.3 Å². The SMILES string of the molecule is CSc1ccccc1CC(=O)C1CCN(Cc2nccnc2OC(C)(C)C)CC1. The number of hydrogen-bond donors (Lipinski definition) is 0. The first-order valence-corrected chi connectivity index (χ1v) is 11.4. The molecule has 0 atom stereocenters. The van der Waals surface area contributed by atoms with Crippen LogP contribution in [0.25, 0.3) is 0 Å². The Balaban J connectivity index is 1.55. The molecule has 0 saturated carbocycles. The molecule has 0 spiro atoms. The van der Waals surface area contributed by atoms with Crippen LogP contribution in [0.3, 0.4) is 0 Å². The lowest BCUT2D eigenvalue weighted by Crippen LogP contribution is -2.37. The highest BCUT2D eigenvalue weighted by Crippen LogP contribution is 2.26. The van der Waals surface area contributed by atoms with Gasteiger partial charge in [-0.3, -0.25) is 14.7 Å². The lowest BCUT2D eigenvalue weighted by molar-refractivity contribution is -0.123. The van der Waals surface area contributed by atoms with Gasteiger partial charge in [0, 0.05) is 36.2 Å². The zero-order valence-electron chi connectivity index (χ0n) is 17.9. The number of carbonyl (C=O) groups is 1. The van der Waals surface area contributed by atoms with Gasteiger partial charge in [-0.2, -0.15) is 0 Å². The maximum atomic E-state index is 12.8. The molecule has 1 saturated heterocycles. The summed E-state index contributed by atoms with van der Waals surface area (Å²) in [4.78, 5) is 25.2. The predicted molar refractivity (Wildman–Crippen MR) is 117 cm³/mol. The maximum absolute atomic E-state index is 12.8. The molecule has 0 bridgehead atoms. The van der Waals surface area contributed by atoms with Crippen molar-refractivity contribution < 1.29 is 9.53 Å². The second kappa shape index (κ2) is 9.72. The Kier molecular flexibility index (Phi) is 7.30. The highest BCUT2D eigenvalue weighted by Gasteiger charge is 2.26. The highest BCUT2D eigenvalue weighted by molar-refractivity contribution is 7.98. The Morgan fingerprint density at radius 3 is 2.55 bits per heavy atom. The van der Waals surface area contributed by atoms with Crippen LogP contribution >= 0.6 is 11.8 Å². The molecule has 5 nitrogen and oxygen atoms in total.